The second kappa shape index (κ2) is 6.20. The van der Waals surface area contributed by atoms with E-state index >= 15 is 0 Å². The van der Waals surface area contributed by atoms with Crippen molar-refractivity contribution in [3.8, 4) is 0 Å². The summed E-state index contributed by atoms with van der Waals surface area (Å²) in [5.74, 6) is 0.151. The molecule has 0 heterocycles. The monoisotopic (exact) mass is 260 g/mol. The molecule has 1 saturated carbocycles. The van der Waals surface area contributed by atoms with E-state index in [-0.39, 0.29) is 11.4 Å². The number of amides is 1. The molecule has 2 rings (SSSR count). The Hall–Kier alpha value is -1.35. The first kappa shape index (κ1) is 14.1. The van der Waals surface area contributed by atoms with E-state index in [4.69, 9.17) is 0 Å². The molecule has 0 spiro atoms. The molecule has 0 bridgehead atoms. The summed E-state index contributed by atoms with van der Waals surface area (Å²) < 4.78 is 0. The fourth-order valence-corrected chi connectivity index (χ4v) is 2.98. The lowest BCUT2D eigenvalue weighted by molar-refractivity contribution is -0.123. The molecule has 104 valence electrons. The topological polar surface area (TPSA) is 41.1 Å². The van der Waals surface area contributed by atoms with Crippen molar-refractivity contribution in [2.24, 2.45) is 0 Å². The highest BCUT2D eigenvalue weighted by molar-refractivity contribution is 5.77. The van der Waals surface area contributed by atoms with Gasteiger partial charge < -0.3 is 10.6 Å². The molecule has 0 aliphatic heterocycles. The summed E-state index contributed by atoms with van der Waals surface area (Å²) in [7, 11) is 1.87. The highest BCUT2D eigenvalue weighted by atomic mass is 16.1. The summed E-state index contributed by atoms with van der Waals surface area (Å²) in [6.45, 7) is 2.84. The summed E-state index contributed by atoms with van der Waals surface area (Å²) in [6, 6.07) is 8.56. The summed E-state index contributed by atoms with van der Waals surface area (Å²) in [4.78, 5) is 12.1. The molecule has 1 aliphatic carbocycles. The van der Waals surface area contributed by atoms with Gasteiger partial charge in [-0.25, -0.2) is 0 Å². The Morgan fingerprint density at radius 3 is 2.68 bits per heavy atom. The van der Waals surface area contributed by atoms with Gasteiger partial charge in [0, 0.05) is 13.0 Å². The minimum Gasteiger partial charge on any atom is -0.347 e. The molecule has 1 aromatic rings. The molecule has 1 aromatic carbocycles. The predicted molar refractivity (Wildman–Crippen MR) is 78.0 cm³/mol. The zero-order valence-electron chi connectivity index (χ0n) is 12.0. The van der Waals surface area contributed by atoms with Crippen LogP contribution in [0.1, 0.15) is 43.2 Å². The van der Waals surface area contributed by atoms with E-state index in [9.17, 15) is 4.79 Å². The van der Waals surface area contributed by atoms with Gasteiger partial charge in [0.25, 0.3) is 0 Å². The molecule has 3 nitrogen and oxygen atoms in total. The summed E-state index contributed by atoms with van der Waals surface area (Å²) in [6.07, 6.45) is 5.05. The van der Waals surface area contributed by atoms with Crippen LogP contribution in [0.2, 0.25) is 0 Å². The Kier molecular flexibility index (Phi) is 4.59. The van der Waals surface area contributed by atoms with Crippen LogP contribution in [0.25, 0.3) is 0 Å². The van der Waals surface area contributed by atoms with E-state index in [1.807, 2.05) is 7.05 Å². The molecule has 0 saturated heterocycles. The highest BCUT2D eigenvalue weighted by Gasteiger charge is 2.36. The van der Waals surface area contributed by atoms with Crippen LogP contribution in [0.4, 0.5) is 0 Å². The van der Waals surface area contributed by atoms with Crippen molar-refractivity contribution >= 4 is 5.91 Å². The molecule has 19 heavy (non-hydrogen) atoms. The standard InChI is InChI=1S/C16H24N2O/c1-13-6-5-7-14(12-13)16(9-3-4-10-16)18-15(19)8-11-17-2/h5-7,12,17H,3-4,8-11H2,1-2H3,(H,18,19). The van der Waals surface area contributed by atoms with Crippen LogP contribution in [-0.4, -0.2) is 19.5 Å². The second-order valence-electron chi connectivity index (χ2n) is 5.56. The minimum absolute atomic E-state index is 0.128. The molecule has 0 radical (unpaired) electrons. The molecule has 2 N–H and O–H groups in total. The normalized spacial score (nSPS) is 17.4. The van der Waals surface area contributed by atoms with Gasteiger partial charge in [-0.1, -0.05) is 42.7 Å². The molecular formula is C16H24N2O. The Morgan fingerprint density at radius 1 is 1.32 bits per heavy atom. The number of carbonyl (C=O) groups excluding carboxylic acids is 1. The number of hydrogen-bond acceptors (Lipinski definition) is 2. The first-order valence-electron chi connectivity index (χ1n) is 7.19. The first-order chi connectivity index (χ1) is 9.16. The Bertz CT molecular complexity index is 436. The molecule has 0 unspecified atom stereocenters. The zero-order chi connectivity index (χ0) is 13.7. The maximum Gasteiger partial charge on any atom is 0.221 e. The molecular weight excluding hydrogens is 236 g/mol. The number of nitrogens with one attached hydrogen (secondary N) is 2. The van der Waals surface area contributed by atoms with Crippen molar-refractivity contribution in [1.82, 2.24) is 10.6 Å². The van der Waals surface area contributed by atoms with Gasteiger partial charge in [0.2, 0.25) is 5.91 Å². The Morgan fingerprint density at radius 2 is 2.05 bits per heavy atom. The van der Waals surface area contributed by atoms with Crippen molar-refractivity contribution in [2.45, 2.75) is 44.6 Å². The largest absolute Gasteiger partial charge is 0.347 e. The maximum atomic E-state index is 12.1. The van der Waals surface area contributed by atoms with Crippen LogP contribution in [0.3, 0.4) is 0 Å². The number of carbonyl (C=O) groups is 1. The summed E-state index contributed by atoms with van der Waals surface area (Å²) in [5.41, 5.74) is 2.40. The first-order valence-corrected chi connectivity index (χ1v) is 7.19. The molecule has 1 aliphatic rings. The second-order valence-corrected chi connectivity index (χ2v) is 5.56. The summed E-state index contributed by atoms with van der Waals surface area (Å²) >= 11 is 0. The SMILES string of the molecule is CNCCC(=O)NC1(c2cccc(C)c2)CCCC1. The van der Waals surface area contributed by atoms with Gasteiger partial charge in [0.1, 0.15) is 0 Å². The molecule has 1 amide bonds. The van der Waals surface area contributed by atoms with Crippen LogP contribution < -0.4 is 10.6 Å². The number of aryl methyl sites for hydroxylation is 1. The van der Waals surface area contributed by atoms with E-state index in [2.05, 4.69) is 41.8 Å². The van der Waals surface area contributed by atoms with E-state index in [0.29, 0.717) is 6.42 Å². The van der Waals surface area contributed by atoms with Crippen molar-refractivity contribution in [3.63, 3.8) is 0 Å². The van der Waals surface area contributed by atoms with Crippen LogP contribution in [0.15, 0.2) is 24.3 Å². The van der Waals surface area contributed by atoms with Gasteiger partial charge in [-0.2, -0.15) is 0 Å². The minimum atomic E-state index is -0.128. The van der Waals surface area contributed by atoms with Gasteiger partial charge >= 0.3 is 0 Å². The number of hydrogen-bond donors (Lipinski definition) is 2. The maximum absolute atomic E-state index is 12.1. The smallest absolute Gasteiger partial charge is 0.221 e. The van der Waals surface area contributed by atoms with Crippen LogP contribution in [0.5, 0.6) is 0 Å². The van der Waals surface area contributed by atoms with Crippen LogP contribution >= 0.6 is 0 Å². The average Bonchev–Trinajstić information content (AvgIpc) is 2.86. The Labute approximate surface area is 115 Å². The van der Waals surface area contributed by atoms with Crippen molar-refractivity contribution in [1.29, 1.82) is 0 Å². The fourth-order valence-electron chi connectivity index (χ4n) is 2.98. The van der Waals surface area contributed by atoms with Gasteiger partial charge in [-0.3, -0.25) is 4.79 Å². The molecule has 1 fully saturated rings. The third kappa shape index (κ3) is 3.35. The lowest BCUT2D eigenvalue weighted by atomic mass is 9.87. The zero-order valence-corrected chi connectivity index (χ0v) is 12.0. The third-order valence-electron chi connectivity index (χ3n) is 4.01. The van der Waals surface area contributed by atoms with Crippen LogP contribution in [0, 0.1) is 6.92 Å². The van der Waals surface area contributed by atoms with Crippen LogP contribution in [-0.2, 0) is 10.3 Å². The summed E-state index contributed by atoms with van der Waals surface area (Å²) in [5, 5.41) is 6.32. The van der Waals surface area contributed by atoms with Gasteiger partial charge in [-0.15, -0.1) is 0 Å². The average molecular weight is 260 g/mol. The van der Waals surface area contributed by atoms with E-state index < -0.39 is 0 Å². The van der Waals surface area contributed by atoms with Crippen molar-refractivity contribution < 1.29 is 4.79 Å². The number of benzene rings is 1. The quantitative estimate of drug-likeness (QED) is 0.854. The Balaban J connectivity index is 2.16. The molecule has 0 atom stereocenters. The van der Waals surface area contributed by atoms with Gasteiger partial charge in [-0.05, 0) is 32.4 Å². The highest BCUT2D eigenvalue weighted by Crippen LogP contribution is 2.39. The van der Waals surface area contributed by atoms with Crippen molar-refractivity contribution in [3.05, 3.63) is 35.4 Å². The molecule has 0 aromatic heterocycles. The lowest BCUT2D eigenvalue weighted by Gasteiger charge is -2.31. The number of rotatable bonds is 5. The predicted octanol–water partition coefficient (Wildman–Crippen LogP) is 2.49. The van der Waals surface area contributed by atoms with E-state index in [1.54, 1.807) is 0 Å². The van der Waals surface area contributed by atoms with Crippen molar-refractivity contribution in [2.75, 3.05) is 13.6 Å². The van der Waals surface area contributed by atoms with Gasteiger partial charge in [0.05, 0.1) is 5.54 Å². The van der Waals surface area contributed by atoms with E-state index in [0.717, 1.165) is 19.4 Å². The van der Waals surface area contributed by atoms with E-state index in [1.165, 1.54) is 24.0 Å². The third-order valence-corrected chi connectivity index (χ3v) is 4.01. The van der Waals surface area contributed by atoms with Gasteiger partial charge in [0.15, 0.2) is 0 Å². The fraction of sp³-hybridized carbons (Fsp3) is 0.562. The lowest BCUT2D eigenvalue weighted by Crippen LogP contribution is -2.44. The molecule has 3 heteroatoms.